The highest BCUT2D eigenvalue weighted by molar-refractivity contribution is 5.03. The van der Waals surface area contributed by atoms with Gasteiger partial charge in [-0.05, 0) is 0 Å². The summed E-state index contributed by atoms with van der Waals surface area (Å²) in [5.74, 6) is -2.52. The molecule has 2 nitrogen and oxygen atoms in total. The number of rotatable bonds is 0. The second kappa shape index (κ2) is 2.14. The van der Waals surface area contributed by atoms with Crippen LogP contribution >= 0.6 is 0 Å². The second-order valence-electron chi connectivity index (χ2n) is 3.39. The van der Waals surface area contributed by atoms with Crippen LogP contribution in [-0.4, -0.2) is 32.2 Å². The van der Waals surface area contributed by atoms with Gasteiger partial charge in [-0.3, -0.25) is 0 Å². The first-order valence-corrected chi connectivity index (χ1v) is 3.83. The summed E-state index contributed by atoms with van der Waals surface area (Å²) in [5, 5.41) is 2.87. The zero-order chi connectivity index (χ0) is 7.95. The molecule has 2 heterocycles. The molecule has 0 unspecified atom stereocenters. The third-order valence-electron chi connectivity index (χ3n) is 2.64. The van der Waals surface area contributed by atoms with E-state index >= 15 is 0 Å². The van der Waals surface area contributed by atoms with Crippen molar-refractivity contribution in [1.82, 2.24) is 5.32 Å². The second-order valence-corrected chi connectivity index (χ2v) is 3.39. The number of halogens is 2. The first-order valence-electron chi connectivity index (χ1n) is 3.83. The third kappa shape index (κ3) is 0.891. The fraction of sp³-hybridized carbons (Fsp3) is 1.00. The van der Waals surface area contributed by atoms with E-state index in [-0.39, 0.29) is 19.6 Å². The third-order valence-corrected chi connectivity index (χ3v) is 2.64. The minimum Gasteiger partial charge on any atom is -0.380 e. The highest BCUT2D eigenvalue weighted by Crippen LogP contribution is 2.45. The van der Waals surface area contributed by atoms with Crippen LogP contribution in [0.1, 0.15) is 6.42 Å². The van der Waals surface area contributed by atoms with Gasteiger partial charge < -0.3 is 10.1 Å². The molecule has 2 rings (SSSR count). The Bertz CT molecular complexity index is 168. The van der Waals surface area contributed by atoms with Gasteiger partial charge in [0.2, 0.25) is 0 Å². The maximum atomic E-state index is 13.2. The van der Waals surface area contributed by atoms with Crippen molar-refractivity contribution in [3.8, 4) is 0 Å². The SMILES string of the molecule is FC1(F)CCOCC12CNC2. The molecule has 0 bridgehead atoms. The number of hydrogen-bond donors (Lipinski definition) is 1. The summed E-state index contributed by atoms with van der Waals surface area (Å²) < 4.78 is 31.4. The van der Waals surface area contributed by atoms with Crippen LogP contribution in [0.25, 0.3) is 0 Å². The lowest BCUT2D eigenvalue weighted by Gasteiger charge is -2.49. The molecule has 0 saturated carbocycles. The van der Waals surface area contributed by atoms with Crippen molar-refractivity contribution in [3.05, 3.63) is 0 Å². The van der Waals surface area contributed by atoms with Gasteiger partial charge in [-0.2, -0.15) is 0 Å². The van der Waals surface area contributed by atoms with Crippen molar-refractivity contribution in [3.63, 3.8) is 0 Å². The van der Waals surface area contributed by atoms with E-state index in [0.29, 0.717) is 13.1 Å². The summed E-state index contributed by atoms with van der Waals surface area (Å²) in [6, 6.07) is 0. The molecule has 2 fully saturated rings. The highest BCUT2D eigenvalue weighted by Gasteiger charge is 2.58. The molecule has 1 spiro atoms. The minimum atomic E-state index is -2.52. The van der Waals surface area contributed by atoms with Gasteiger partial charge in [0.15, 0.2) is 0 Å². The summed E-state index contributed by atoms with van der Waals surface area (Å²) >= 11 is 0. The van der Waals surface area contributed by atoms with Crippen LogP contribution in [0.3, 0.4) is 0 Å². The van der Waals surface area contributed by atoms with Gasteiger partial charge in [0.05, 0.1) is 18.6 Å². The van der Waals surface area contributed by atoms with Crippen molar-refractivity contribution in [2.24, 2.45) is 5.41 Å². The van der Waals surface area contributed by atoms with Gasteiger partial charge in [0, 0.05) is 19.5 Å². The van der Waals surface area contributed by atoms with E-state index < -0.39 is 11.3 Å². The Labute approximate surface area is 63.9 Å². The van der Waals surface area contributed by atoms with Gasteiger partial charge in [-0.25, -0.2) is 8.78 Å². The molecule has 0 amide bonds. The van der Waals surface area contributed by atoms with E-state index in [4.69, 9.17) is 4.74 Å². The molecule has 64 valence electrons. The monoisotopic (exact) mass is 163 g/mol. The molecule has 2 aliphatic heterocycles. The fourth-order valence-corrected chi connectivity index (χ4v) is 1.63. The molecule has 0 aromatic carbocycles. The van der Waals surface area contributed by atoms with E-state index in [0.717, 1.165) is 0 Å². The van der Waals surface area contributed by atoms with Crippen LogP contribution in [0.4, 0.5) is 8.78 Å². The smallest absolute Gasteiger partial charge is 0.260 e. The largest absolute Gasteiger partial charge is 0.380 e. The summed E-state index contributed by atoms with van der Waals surface area (Å²) in [6.07, 6.45) is -0.116. The van der Waals surface area contributed by atoms with Crippen molar-refractivity contribution in [2.45, 2.75) is 12.3 Å². The summed E-state index contributed by atoms with van der Waals surface area (Å²) in [4.78, 5) is 0. The van der Waals surface area contributed by atoms with Crippen LogP contribution in [0.5, 0.6) is 0 Å². The van der Waals surface area contributed by atoms with E-state index in [9.17, 15) is 8.78 Å². The minimum absolute atomic E-state index is 0.116. The molecule has 0 aliphatic carbocycles. The zero-order valence-electron chi connectivity index (χ0n) is 6.20. The lowest BCUT2D eigenvalue weighted by molar-refractivity contribution is -0.217. The Morgan fingerprint density at radius 1 is 1.27 bits per heavy atom. The van der Waals surface area contributed by atoms with Crippen LogP contribution in [-0.2, 0) is 4.74 Å². The number of alkyl halides is 2. The lowest BCUT2D eigenvalue weighted by atomic mass is 9.74. The Morgan fingerprint density at radius 2 is 2.00 bits per heavy atom. The highest BCUT2D eigenvalue weighted by atomic mass is 19.3. The van der Waals surface area contributed by atoms with Crippen LogP contribution in [0.2, 0.25) is 0 Å². The molecule has 2 saturated heterocycles. The van der Waals surface area contributed by atoms with Crippen LogP contribution in [0.15, 0.2) is 0 Å². The average molecular weight is 163 g/mol. The molecule has 0 atom stereocenters. The van der Waals surface area contributed by atoms with Gasteiger partial charge >= 0.3 is 0 Å². The summed E-state index contributed by atoms with van der Waals surface area (Å²) in [7, 11) is 0. The van der Waals surface area contributed by atoms with Crippen LogP contribution in [0, 0.1) is 5.41 Å². The van der Waals surface area contributed by atoms with Gasteiger partial charge in [-0.15, -0.1) is 0 Å². The summed E-state index contributed by atoms with van der Waals surface area (Å²) in [5.41, 5.74) is -0.870. The molecule has 0 radical (unpaired) electrons. The van der Waals surface area contributed by atoms with E-state index in [1.54, 1.807) is 0 Å². The number of ether oxygens (including phenoxy) is 1. The molecular formula is C7H11F2NO. The molecule has 0 aromatic rings. The maximum Gasteiger partial charge on any atom is 0.260 e. The summed E-state index contributed by atoms with van der Waals surface area (Å²) in [6.45, 7) is 1.22. The van der Waals surface area contributed by atoms with E-state index in [1.165, 1.54) is 0 Å². The zero-order valence-corrected chi connectivity index (χ0v) is 6.20. The molecular weight excluding hydrogens is 152 g/mol. The Balaban J connectivity index is 2.15. The standard InChI is InChI=1S/C7H11F2NO/c8-7(9)1-2-11-5-6(7)3-10-4-6/h10H,1-5H2. The van der Waals surface area contributed by atoms with Gasteiger partial charge in [-0.1, -0.05) is 0 Å². The molecule has 1 N–H and O–H groups in total. The Hall–Kier alpha value is -0.220. The van der Waals surface area contributed by atoms with Gasteiger partial charge in [0.1, 0.15) is 0 Å². The van der Waals surface area contributed by atoms with Crippen molar-refractivity contribution >= 4 is 0 Å². The Kier molecular flexibility index (Phi) is 1.44. The first-order chi connectivity index (χ1) is 5.16. The topological polar surface area (TPSA) is 21.3 Å². The molecule has 2 aliphatic rings. The van der Waals surface area contributed by atoms with Crippen LogP contribution < -0.4 is 5.32 Å². The quantitative estimate of drug-likeness (QED) is 0.565. The van der Waals surface area contributed by atoms with E-state index in [2.05, 4.69) is 5.32 Å². The van der Waals surface area contributed by atoms with Crippen molar-refractivity contribution < 1.29 is 13.5 Å². The van der Waals surface area contributed by atoms with Crippen molar-refractivity contribution in [1.29, 1.82) is 0 Å². The van der Waals surface area contributed by atoms with Crippen molar-refractivity contribution in [2.75, 3.05) is 26.3 Å². The lowest BCUT2D eigenvalue weighted by Crippen LogP contribution is -2.67. The predicted molar refractivity (Wildman–Crippen MR) is 35.7 cm³/mol. The molecule has 0 aromatic heterocycles. The number of nitrogens with one attached hydrogen (secondary N) is 1. The molecule has 11 heavy (non-hydrogen) atoms. The normalized spacial score (nSPS) is 33.3. The Morgan fingerprint density at radius 3 is 2.36 bits per heavy atom. The maximum absolute atomic E-state index is 13.2. The van der Waals surface area contributed by atoms with E-state index in [1.807, 2.05) is 0 Å². The first kappa shape index (κ1) is 7.43. The molecule has 4 heteroatoms. The van der Waals surface area contributed by atoms with Gasteiger partial charge in [0.25, 0.3) is 5.92 Å². The average Bonchev–Trinajstić information content (AvgIpc) is 1.83. The predicted octanol–water partition coefficient (Wildman–Crippen LogP) is 0.632. The fourth-order valence-electron chi connectivity index (χ4n) is 1.63. The number of hydrogen-bond acceptors (Lipinski definition) is 2.